The van der Waals surface area contributed by atoms with E-state index >= 15 is 0 Å². The molecule has 0 atom stereocenters. The standard InChI is InChI=1S/C8H9ClN2O2S/c9-8-5-7(3-4-10-8)14(12,13)11-6-1-2-6/h3-6,11H,1-2H2. The molecule has 76 valence electrons. The van der Waals surface area contributed by atoms with Gasteiger partial charge in [-0.2, -0.15) is 0 Å². The predicted molar refractivity (Wildman–Crippen MR) is 52.6 cm³/mol. The van der Waals surface area contributed by atoms with Crippen LogP contribution in [0, 0.1) is 0 Å². The van der Waals surface area contributed by atoms with Crippen LogP contribution in [0.2, 0.25) is 5.15 Å². The first kappa shape index (κ1) is 9.89. The Labute approximate surface area is 87.4 Å². The van der Waals surface area contributed by atoms with Gasteiger partial charge in [0.1, 0.15) is 5.15 Å². The van der Waals surface area contributed by atoms with Crippen molar-refractivity contribution in [1.29, 1.82) is 0 Å². The van der Waals surface area contributed by atoms with Gasteiger partial charge >= 0.3 is 0 Å². The second-order valence-electron chi connectivity index (χ2n) is 3.21. The largest absolute Gasteiger partial charge is 0.244 e. The summed E-state index contributed by atoms with van der Waals surface area (Å²) in [7, 11) is -3.39. The lowest BCUT2D eigenvalue weighted by Gasteiger charge is -2.04. The third-order valence-corrected chi connectivity index (χ3v) is 3.63. The Balaban J connectivity index is 2.28. The van der Waals surface area contributed by atoms with Gasteiger partial charge in [-0.1, -0.05) is 11.6 Å². The summed E-state index contributed by atoms with van der Waals surface area (Å²) in [6.07, 6.45) is 3.21. The lowest BCUT2D eigenvalue weighted by molar-refractivity contribution is 0.581. The van der Waals surface area contributed by atoms with Crippen LogP contribution in [-0.4, -0.2) is 19.4 Å². The summed E-state index contributed by atoms with van der Waals surface area (Å²) in [4.78, 5) is 3.89. The maximum absolute atomic E-state index is 11.6. The number of nitrogens with zero attached hydrogens (tertiary/aromatic N) is 1. The van der Waals surface area contributed by atoms with Crippen LogP contribution in [0.4, 0.5) is 0 Å². The maximum atomic E-state index is 11.6. The molecule has 0 saturated heterocycles. The van der Waals surface area contributed by atoms with Crippen LogP contribution >= 0.6 is 11.6 Å². The first-order valence-electron chi connectivity index (χ1n) is 4.22. The zero-order valence-corrected chi connectivity index (χ0v) is 8.85. The number of sulfonamides is 1. The lowest BCUT2D eigenvalue weighted by atomic mass is 10.5. The Morgan fingerprint density at radius 2 is 2.21 bits per heavy atom. The van der Waals surface area contributed by atoms with Crippen LogP contribution in [0.5, 0.6) is 0 Å². The number of nitrogens with one attached hydrogen (secondary N) is 1. The van der Waals surface area contributed by atoms with E-state index in [0.29, 0.717) is 0 Å². The van der Waals surface area contributed by atoms with Gasteiger partial charge < -0.3 is 0 Å². The Hall–Kier alpha value is -0.650. The summed E-state index contributed by atoms with van der Waals surface area (Å²) in [5.41, 5.74) is 0. The van der Waals surface area contributed by atoms with Gasteiger partial charge in [0.2, 0.25) is 10.0 Å². The summed E-state index contributed by atoms with van der Waals surface area (Å²) < 4.78 is 25.8. The van der Waals surface area contributed by atoms with Gasteiger partial charge in [0.25, 0.3) is 0 Å². The van der Waals surface area contributed by atoms with E-state index in [-0.39, 0.29) is 16.1 Å². The minimum atomic E-state index is -3.39. The van der Waals surface area contributed by atoms with E-state index in [1.807, 2.05) is 0 Å². The monoisotopic (exact) mass is 232 g/mol. The molecule has 1 fully saturated rings. The Morgan fingerprint density at radius 1 is 1.50 bits per heavy atom. The van der Waals surface area contributed by atoms with E-state index in [2.05, 4.69) is 9.71 Å². The highest BCUT2D eigenvalue weighted by Crippen LogP contribution is 2.22. The number of pyridine rings is 1. The molecule has 1 aromatic heterocycles. The molecule has 1 saturated carbocycles. The van der Waals surface area contributed by atoms with Crippen LogP contribution in [-0.2, 0) is 10.0 Å². The fourth-order valence-electron chi connectivity index (χ4n) is 1.04. The predicted octanol–water partition coefficient (Wildman–Crippen LogP) is 1.18. The third kappa shape index (κ3) is 2.23. The topological polar surface area (TPSA) is 59.1 Å². The number of aromatic nitrogens is 1. The highest BCUT2D eigenvalue weighted by atomic mass is 35.5. The molecule has 0 amide bonds. The van der Waals surface area contributed by atoms with E-state index in [1.165, 1.54) is 18.3 Å². The van der Waals surface area contributed by atoms with Crippen molar-refractivity contribution in [2.45, 2.75) is 23.8 Å². The summed E-state index contributed by atoms with van der Waals surface area (Å²) in [5.74, 6) is 0. The van der Waals surface area contributed by atoms with Crippen molar-refractivity contribution in [2.24, 2.45) is 0 Å². The number of halogens is 1. The number of hydrogen-bond acceptors (Lipinski definition) is 3. The molecule has 1 aliphatic carbocycles. The quantitative estimate of drug-likeness (QED) is 0.796. The van der Waals surface area contributed by atoms with Crippen LogP contribution in [0.15, 0.2) is 23.2 Å². The average Bonchev–Trinajstić information content (AvgIpc) is 2.87. The van der Waals surface area contributed by atoms with Crippen LogP contribution < -0.4 is 4.72 Å². The van der Waals surface area contributed by atoms with E-state index < -0.39 is 10.0 Å². The first-order valence-corrected chi connectivity index (χ1v) is 6.08. The molecule has 1 heterocycles. The minimum absolute atomic E-state index is 0.104. The Kier molecular flexibility index (Phi) is 2.47. The molecule has 0 aromatic carbocycles. The normalized spacial score (nSPS) is 16.9. The maximum Gasteiger partial charge on any atom is 0.240 e. The minimum Gasteiger partial charge on any atom is -0.244 e. The molecule has 2 rings (SSSR count). The summed E-state index contributed by atoms with van der Waals surface area (Å²) in [6, 6.07) is 2.87. The van der Waals surface area contributed by atoms with Gasteiger partial charge in [0, 0.05) is 12.2 Å². The zero-order valence-electron chi connectivity index (χ0n) is 7.27. The molecule has 0 aliphatic heterocycles. The molecule has 0 bridgehead atoms. The molecule has 6 heteroatoms. The van der Waals surface area contributed by atoms with Crippen molar-refractivity contribution in [3.63, 3.8) is 0 Å². The molecule has 14 heavy (non-hydrogen) atoms. The van der Waals surface area contributed by atoms with Crippen LogP contribution in [0.3, 0.4) is 0 Å². The lowest BCUT2D eigenvalue weighted by Crippen LogP contribution is -2.25. The van der Waals surface area contributed by atoms with Crippen LogP contribution in [0.25, 0.3) is 0 Å². The molecule has 4 nitrogen and oxygen atoms in total. The Bertz CT molecular complexity index is 442. The smallest absolute Gasteiger partial charge is 0.240 e. The van der Waals surface area contributed by atoms with Crippen molar-refractivity contribution < 1.29 is 8.42 Å². The summed E-state index contributed by atoms with van der Waals surface area (Å²) in [6.45, 7) is 0. The first-order chi connectivity index (χ1) is 6.58. The van der Waals surface area contributed by atoms with Crippen molar-refractivity contribution >= 4 is 21.6 Å². The highest BCUT2D eigenvalue weighted by molar-refractivity contribution is 7.89. The van der Waals surface area contributed by atoms with Gasteiger partial charge in [-0.15, -0.1) is 0 Å². The van der Waals surface area contributed by atoms with Crippen LogP contribution in [0.1, 0.15) is 12.8 Å². The second kappa shape index (κ2) is 3.49. The molecule has 1 aromatic rings. The Morgan fingerprint density at radius 3 is 2.79 bits per heavy atom. The van der Waals surface area contributed by atoms with Crippen molar-refractivity contribution in [3.05, 3.63) is 23.5 Å². The van der Waals surface area contributed by atoms with E-state index in [0.717, 1.165) is 12.8 Å². The second-order valence-corrected chi connectivity index (χ2v) is 5.31. The van der Waals surface area contributed by atoms with Gasteiger partial charge in [-0.05, 0) is 25.0 Å². The van der Waals surface area contributed by atoms with Crippen molar-refractivity contribution in [2.75, 3.05) is 0 Å². The van der Waals surface area contributed by atoms with Gasteiger partial charge in [0.05, 0.1) is 4.90 Å². The van der Waals surface area contributed by atoms with Gasteiger partial charge in [-0.25, -0.2) is 18.1 Å². The summed E-state index contributed by atoms with van der Waals surface area (Å²) in [5, 5.41) is 0.184. The third-order valence-electron chi connectivity index (χ3n) is 1.91. The molecular weight excluding hydrogens is 224 g/mol. The SMILES string of the molecule is O=S(=O)(NC1CC1)c1ccnc(Cl)c1. The van der Waals surface area contributed by atoms with E-state index in [1.54, 1.807) is 0 Å². The van der Waals surface area contributed by atoms with Crippen molar-refractivity contribution in [3.8, 4) is 0 Å². The van der Waals surface area contributed by atoms with E-state index in [9.17, 15) is 8.42 Å². The fourth-order valence-corrected chi connectivity index (χ4v) is 2.60. The zero-order chi connectivity index (χ0) is 10.2. The highest BCUT2D eigenvalue weighted by Gasteiger charge is 2.27. The molecule has 0 unspecified atom stereocenters. The fraction of sp³-hybridized carbons (Fsp3) is 0.375. The molecular formula is C8H9ClN2O2S. The number of rotatable bonds is 3. The molecule has 1 aliphatic rings. The molecule has 1 N–H and O–H groups in total. The average molecular weight is 233 g/mol. The molecule has 0 radical (unpaired) electrons. The van der Waals surface area contributed by atoms with Crippen molar-refractivity contribution in [1.82, 2.24) is 9.71 Å². The summed E-state index contributed by atoms with van der Waals surface area (Å²) >= 11 is 5.60. The molecule has 0 spiro atoms. The van der Waals surface area contributed by atoms with Gasteiger partial charge in [0.15, 0.2) is 0 Å². The van der Waals surface area contributed by atoms with Gasteiger partial charge in [-0.3, -0.25) is 0 Å². The number of hydrogen-bond donors (Lipinski definition) is 1. The van der Waals surface area contributed by atoms with E-state index in [4.69, 9.17) is 11.6 Å².